The van der Waals surface area contributed by atoms with Crippen molar-refractivity contribution < 1.29 is 9.53 Å². The molecule has 0 aromatic rings. The van der Waals surface area contributed by atoms with Gasteiger partial charge in [-0.15, -0.1) is 0 Å². The van der Waals surface area contributed by atoms with Crippen LogP contribution in [0, 0.1) is 5.92 Å². The van der Waals surface area contributed by atoms with Crippen LogP contribution in [-0.4, -0.2) is 43.2 Å². The summed E-state index contributed by atoms with van der Waals surface area (Å²) in [5.41, 5.74) is 6.01. The Hall–Kier alpha value is -0.610. The molecule has 1 amide bonds. The van der Waals surface area contributed by atoms with Crippen LogP contribution in [0.25, 0.3) is 0 Å². The summed E-state index contributed by atoms with van der Waals surface area (Å²) in [7, 11) is 1.66. The lowest BCUT2D eigenvalue weighted by atomic mass is 10.1. The van der Waals surface area contributed by atoms with E-state index in [9.17, 15) is 4.79 Å². The summed E-state index contributed by atoms with van der Waals surface area (Å²) in [4.78, 5) is 14.1. The lowest BCUT2D eigenvalue weighted by molar-refractivity contribution is -0.134. The van der Waals surface area contributed by atoms with Gasteiger partial charge in [-0.05, 0) is 32.1 Å². The van der Waals surface area contributed by atoms with Gasteiger partial charge in [0, 0.05) is 32.2 Å². The fourth-order valence-electron chi connectivity index (χ4n) is 2.01. The minimum absolute atomic E-state index is 0.0524. The Kier molecular flexibility index (Phi) is 5.92. The van der Waals surface area contributed by atoms with Gasteiger partial charge in [-0.2, -0.15) is 0 Å². The molecule has 0 aromatic heterocycles. The van der Waals surface area contributed by atoms with Crippen molar-refractivity contribution in [1.82, 2.24) is 4.90 Å². The van der Waals surface area contributed by atoms with Crippen molar-refractivity contribution in [3.8, 4) is 0 Å². The zero-order valence-corrected chi connectivity index (χ0v) is 11.3. The van der Waals surface area contributed by atoms with E-state index in [4.69, 9.17) is 10.5 Å². The Morgan fingerprint density at radius 1 is 1.53 bits per heavy atom. The molecular weight excluding hydrogens is 216 g/mol. The standard InChI is InChI=1S/C13H26N2O2/c1-4-10(2)15(7-8-17-3)13(16)9-12(14)11-5-6-11/h10-12H,4-9,14H2,1-3H3. The maximum absolute atomic E-state index is 12.2. The zero-order valence-electron chi connectivity index (χ0n) is 11.3. The summed E-state index contributed by atoms with van der Waals surface area (Å²) in [6.07, 6.45) is 3.83. The Morgan fingerprint density at radius 2 is 2.18 bits per heavy atom. The van der Waals surface area contributed by atoms with Crippen LogP contribution in [-0.2, 0) is 9.53 Å². The first-order valence-corrected chi connectivity index (χ1v) is 6.64. The number of hydrogen-bond donors (Lipinski definition) is 1. The normalized spacial score (nSPS) is 18.8. The molecule has 0 aliphatic heterocycles. The van der Waals surface area contributed by atoms with Gasteiger partial charge in [0.2, 0.25) is 5.91 Å². The summed E-state index contributed by atoms with van der Waals surface area (Å²) in [6.45, 7) is 5.44. The third kappa shape index (κ3) is 4.64. The molecule has 0 bridgehead atoms. The molecule has 4 heteroatoms. The van der Waals surface area contributed by atoms with E-state index < -0.39 is 0 Å². The van der Waals surface area contributed by atoms with Crippen LogP contribution < -0.4 is 5.73 Å². The average Bonchev–Trinajstić information content (AvgIpc) is 3.12. The second-order valence-electron chi connectivity index (χ2n) is 5.04. The fraction of sp³-hybridized carbons (Fsp3) is 0.923. The highest BCUT2D eigenvalue weighted by Crippen LogP contribution is 2.33. The lowest BCUT2D eigenvalue weighted by Gasteiger charge is -2.29. The highest BCUT2D eigenvalue weighted by atomic mass is 16.5. The quantitative estimate of drug-likeness (QED) is 0.699. The maximum atomic E-state index is 12.2. The molecule has 0 saturated heterocycles. The maximum Gasteiger partial charge on any atom is 0.224 e. The van der Waals surface area contributed by atoms with E-state index >= 15 is 0 Å². The summed E-state index contributed by atoms with van der Waals surface area (Å²) in [5.74, 6) is 0.760. The van der Waals surface area contributed by atoms with Gasteiger partial charge >= 0.3 is 0 Å². The van der Waals surface area contributed by atoms with E-state index in [0.29, 0.717) is 25.5 Å². The molecule has 1 aliphatic rings. The van der Waals surface area contributed by atoms with Gasteiger partial charge in [0.05, 0.1) is 6.61 Å². The van der Waals surface area contributed by atoms with E-state index in [-0.39, 0.29) is 18.0 Å². The number of hydrogen-bond acceptors (Lipinski definition) is 3. The Morgan fingerprint density at radius 3 is 2.65 bits per heavy atom. The van der Waals surface area contributed by atoms with E-state index in [1.807, 2.05) is 4.90 Å². The van der Waals surface area contributed by atoms with Gasteiger partial charge in [0.1, 0.15) is 0 Å². The van der Waals surface area contributed by atoms with E-state index in [1.165, 1.54) is 12.8 Å². The summed E-state index contributed by atoms with van der Waals surface area (Å²) in [5, 5.41) is 0. The number of nitrogens with zero attached hydrogens (tertiary/aromatic N) is 1. The fourth-order valence-corrected chi connectivity index (χ4v) is 2.01. The second kappa shape index (κ2) is 6.97. The summed E-state index contributed by atoms with van der Waals surface area (Å²) in [6, 6.07) is 0.320. The Bertz CT molecular complexity index is 242. The first kappa shape index (κ1) is 14.5. The molecule has 0 radical (unpaired) electrons. The van der Waals surface area contributed by atoms with Crippen molar-refractivity contribution in [2.75, 3.05) is 20.3 Å². The predicted molar refractivity (Wildman–Crippen MR) is 68.7 cm³/mol. The molecule has 17 heavy (non-hydrogen) atoms. The largest absolute Gasteiger partial charge is 0.383 e. The number of carbonyl (C=O) groups excluding carboxylic acids is 1. The summed E-state index contributed by atoms with van der Waals surface area (Å²) < 4.78 is 5.06. The van der Waals surface area contributed by atoms with Crippen LogP contribution >= 0.6 is 0 Å². The van der Waals surface area contributed by atoms with Crippen molar-refractivity contribution >= 4 is 5.91 Å². The molecule has 1 aliphatic carbocycles. The first-order chi connectivity index (χ1) is 8.10. The second-order valence-corrected chi connectivity index (χ2v) is 5.04. The van der Waals surface area contributed by atoms with Crippen LogP contribution in [0.5, 0.6) is 0 Å². The monoisotopic (exact) mass is 242 g/mol. The Labute approximate surface area is 104 Å². The Balaban J connectivity index is 2.45. The molecule has 0 heterocycles. The van der Waals surface area contributed by atoms with Gasteiger partial charge in [0.15, 0.2) is 0 Å². The van der Waals surface area contributed by atoms with Crippen LogP contribution in [0.15, 0.2) is 0 Å². The minimum atomic E-state index is 0.0524. The average molecular weight is 242 g/mol. The highest BCUT2D eigenvalue weighted by molar-refractivity contribution is 5.77. The van der Waals surface area contributed by atoms with Gasteiger partial charge in [-0.3, -0.25) is 4.79 Å². The van der Waals surface area contributed by atoms with E-state index in [1.54, 1.807) is 7.11 Å². The SMILES string of the molecule is CCC(C)N(CCOC)C(=O)CC(N)C1CC1. The molecule has 1 rings (SSSR count). The number of carbonyl (C=O) groups is 1. The predicted octanol–water partition coefficient (Wildman–Crippen LogP) is 1.39. The summed E-state index contributed by atoms with van der Waals surface area (Å²) >= 11 is 0. The molecule has 0 aromatic carbocycles. The van der Waals surface area contributed by atoms with E-state index in [0.717, 1.165) is 6.42 Å². The molecule has 0 spiro atoms. The van der Waals surface area contributed by atoms with Crippen molar-refractivity contribution in [2.45, 2.75) is 51.6 Å². The smallest absolute Gasteiger partial charge is 0.224 e. The van der Waals surface area contributed by atoms with Gasteiger partial charge in [0.25, 0.3) is 0 Å². The zero-order chi connectivity index (χ0) is 12.8. The molecule has 4 nitrogen and oxygen atoms in total. The number of amides is 1. The minimum Gasteiger partial charge on any atom is -0.383 e. The highest BCUT2D eigenvalue weighted by Gasteiger charge is 2.31. The number of nitrogens with two attached hydrogens (primary N) is 1. The van der Waals surface area contributed by atoms with Crippen molar-refractivity contribution in [2.24, 2.45) is 11.7 Å². The molecule has 1 fully saturated rings. The molecule has 2 atom stereocenters. The van der Waals surface area contributed by atoms with Crippen molar-refractivity contribution in [3.05, 3.63) is 0 Å². The molecule has 100 valence electrons. The van der Waals surface area contributed by atoms with Gasteiger partial charge < -0.3 is 15.4 Å². The molecule has 2 N–H and O–H groups in total. The van der Waals surface area contributed by atoms with Crippen LogP contribution in [0.1, 0.15) is 39.5 Å². The van der Waals surface area contributed by atoms with Crippen LogP contribution in [0.2, 0.25) is 0 Å². The third-order valence-corrected chi connectivity index (χ3v) is 3.62. The number of ether oxygens (including phenoxy) is 1. The van der Waals surface area contributed by atoms with Crippen molar-refractivity contribution in [1.29, 1.82) is 0 Å². The van der Waals surface area contributed by atoms with E-state index in [2.05, 4.69) is 13.8 Å². The molecular formula is C13H26N2O2. The van der Waals surface area contributed by atoms with Gasteiger partial charge in [-0.1, -0.05) is 6.92 Å². The van der Waals surface area contributed by atoms with Gasteiger partial charge in [-0.25, -0.2) is 0 Å². The number of rotatable bonds is 8. The molecule has 2 unspecified atom stereocenters. The number of methoxy groups -OCH3 is 1. The molecule has 1 saturated carbocycles. The topological polar surface area (TPSA) is 55.6 Å². The third-order valence-electron chi connectivity index (χ3n) is 3.62. The van der Waals surface area contributed by atoms with Crippen LogP contribution in [0.3, 0.4) is 0 Å². The first-order valence-electron chi connectivity index (χ1n) is 6.64. The van der Waals surface area contributed by atoms with Crippen molar-refractivity contribution in [3.63, 3.8) is 0 Å². The van der Waals surface area contributed by atoms with Crippen LogP contribution in [0.4, 0.5) is 0 Å². The lowest BCUT2D eigenvalue weighted by Crippen LogP contribution is -2.43.